The monoisotopic (exact) mass is 275 g/mol. The van der Waals surface area contributed by atoms with Crippen molar-refractivity contribution in [3.8, 4) is 11.6 Å². The molecule has 0 amide bonds. The number of hydrogen-bond acceptors (Lipinski definition) is 4. The molecule has 2 aromatic rings. The number of aromatic nitrogens is 2. The molecule has 1 heterocycles. The summed E-state index contributed by atoms with van der Waals surface area (Å²) in [6, 6.07) is 9.68. The predicted molar refractivity (Wildman–Crippen MR) is 75.1 cm³/mol. The number of rotatable bonds is 4. The molecule has 0 spiro atoms. The van der Waals surface area contributed by atoms with Crippen molar-refractivity contribution in [2.45, 2.75) is 32.9 Å². The molecule has 1 aromatic carbocycles. The van der Waals surface area contributed by atoms with Crippen molar-refractivity contribution in [2.75, 3.05) is 0 Å². The van der Waals surface area contributed by atoms with Crippen LogP contribution in [0.3, 0.4) is 0 Å². The van der Waals surface area contributed by atoms with Gasteiger partial charge in [-0.15, -0.1) is 5.10 Å². The Balaban J connectivity index is 2.00. The van der Waals surface area contributed by atoms with Crippen LogP contribution in [-0.2, 0) is 6.54 Å². The highest BCUT2D eigenvalue weighted by molar-refractivity contribution is 5.28. The molecule has 0 aliphatic rings. The second-order valence-corrected chi connectivity index (χ2v) is 5.50. The fourth-order valence-electron chi connectivity index (χ4n) is 1.49. The lowest BCUT2D eigenvalue weighted by atomic mass is 10.1. The van der Waals surface area contributed by atoms with Crippen molar-refractivity contribution in [2.24, 2.45) is 0 Å². The minimum Gasteiger partial charge on any atom is -0.434 e. The van der Waals surface area contributed by atoms with E-state index in [0.717, 1.165) is 5.69 Å². The number of para-hydroxylation sites is 1. The van der Waals surface area contributed by atoms with Gasteiger partial charge in [-0.05, 0) is 39.0 Å². The van der Waals surface area contributed by atoms with Crippen LogP contribution in [0.4, 0.5) is 4.39 Å². The second-order valence-electron chi connectivity index (χ2n) is 5.50. The normalized spacial score (nSPS) is 11.4. The van der Waals surface area contributed by atoms with Crippen LogP contribution in [0.5, 0.6) is 11.6 Å². The molecule has 0 atom stereocenters. The summed E-state index contributed by atoms with van der Waals surface area (Å²) in [6.07, 6.45) is 0. The van der Waals surface area contributed by atoms with Crippen LogP contribution >= 0.6 is 0 Å². The van der Waals surface area contributed by atoms with E-state index in [1.54, 1.807) is 24.3 Å². The molecular weight excluding hydrogens is 257 g/mol. The highest BCUT2D eigenvalue weighted by atomic mass is 19.1. The van der Waals surface area contributed by atoms with Crippen molar-refractivity contribution in [3.63, 3.8) is 0 Å². The van der Waals surface area contributed by atoms with Crippen molar-refractivity contribution in [1.29, 1.82) is 0 Å². The van der Waals surface area contributed by atoms with Gasteiger partial charge in [0.2, 0.25) is 5.88 Å². The van der Waals surface area contributed by atoms with E-state index in [9.17, 15) is 4.39 Å². The van der Waals surface area contributed by atoms with Crippen LogP contribution in [0.15, 0.2) is 36.4 Å². The molecule has 0 saturated carbocycles. The summed E-state index contributed by atoms with van der Waals surface area (Å²) in [7, 11) is 0. The van der Waals surface area contributed by atoms with Gasteiger partial charge in [0, 0.05) is 18.2 Å². The zero-order valence-corrected chi connectivity index (χ0v) is 11.9. The second kappa shape index (κ2) is 5.96. The summed E-state index contributed by atoms with van der Waals surface area (Å²) in [5.41, 5.74) is 0.824. The average Bonchev–Trinajstić information content (AvgIpc) is 2.40. The molecule has 0 radical (unpaired) electrons. The Bertz CT molecular complexity index is 564. The van der Waals surface area contributed by atoms with Gasteiger partial charge >= 0.3 is 0 Å². The maximum Gasteiger partial charge on any atom is 0.239 e. The van der Waals surface area contributed by atoms with Gasteiger partial charge in [-0.1, -0.05) is 12.1 Å². The third-order valence-corrected chi connectivity index (χ3v) is 2.55. The molecule has 1 aromatic heterocycles. The maximum absolute atomic E-state index is 13.4. The maximum atomic E-state index is 13.4. The van der Waals surface area contributed by atoms with Crippen molar-refractivity contribution < 1.29 is 9.13 Å². The summed E-state index contributed by atoms with van der Waals surface area (Å²) in [4.78, 5) is 0. The van der Waals surface area contributed by atoms with E-state index in [-0.39, 0.29) is 17.2 Å². The van der Waals surface area contributed by atoms with Gasteiger partial charge in [0.1, 0.15) is 0 Å². The number of halogens is 1. The van der Waals surface area contributed by atoms with Crippen LogP contribution in [-0.4, -0.2) is 15.7 Å². The van der Waals surface area contributed by atoms with E-state index in [4.69, 9.17) is 4.74 Å². The van der Waals surface area contributed by atoms with E-state index in [2.05, 4.69) is 36.3 Å². The Morgan fingerprint density at radius 2 is 1.85 bits per heavy atom. The topological polar surface area (TPSA) is 47.0 Å². The van der Waals surface area contributed by atoms with Crippen LogP contribution in [0.25, 0.3) is 0 Å². The first kappa shape index (κ1) is 14.4. The molecule has 4 nitrogen and oxygen atoms in total. The Hall–Kier alpha value is -2.01. The minimum absolute atomic E-state index is 0.0179. The molecule has 1 N–H and O–H groups in total. The highest BCUT2D eigenvalue weighted by Gasteiger charge is 2.09. The van der Waals surface area contributed by atoms with E-state index < -0.39 is 5.82 Å². The van der Waals surface area contributed by atoms with E-state index in [0.29, 0.717) is 6.54 Å². The smallest absolute Gasteiger partial charge is 0.239 e. The Morgan fingerprint density at radius 1 is 1.10 bits per heavy atom. The average molecular weight is 275 g/mol. The van der Waals surface area contributed by atoms with Crippen LogP contribution < -0.4 is 10.1 Å². The van der Waals surface area contributed by atoms with E-state index in [1.807, 2.05) is 6.07 Å². The lowest BCUT2D eigenvalue weighted by Crippen LogP contribution is -2.35. The third kappa shape index (κ3) is 4.28. The molecule has 0 aliphatic heterocycles. The standard InChI is InChI=1S/C15H18FN3O/c1-15(2,3)17-10-11-8-9-14(19-18-11)20-13-7-5-4-6-12(13)16/h4-9,17H,10H2,1-3H3. The first-order valence-corrected chi connectivity index (χ1v) is 6.44. The lowest BCUT2D eigenvalue weighted by Gasteiger charge is -2.19. The summed E-state index contributed by atoms with van der Waals surface area (Å²) >= 11 is 0. The number of nitrogens with one attached hydrogen (secondary N) is 1. The third-order valence-electron chi connectivity index (χ3n) is 2.55. The Morgan fingerprint density at radius 3 is 2.45 bits per heavy atom. The fourth-order valence-corrected chi connectivity index (χ4v) is 1.49. The van der Waals surface area contributed by atoms with Gasteiger partial charge in [0.15, 0.2) is 11.6 Å². The summed E-state index contributed by atoms with van der Waals surface area (Å²) in [6.45, 7) is 6.86. The zero-order chi connectivity index (χ0) is 14.6. The van der Waals surface area contributed by atoms with Crippen LogP contribution in [0.1, 0.15) is 26.5 Å². The Labute approximate surface area is 118 Å². The van der Waals surface area contributed by atoms with Crippen LogP contribution in [0, 0.1) is 5.82 Å². The van der Waals surface area contributed by atoms with Gasteiger partial charge in [-0.25, -0.2) is 4.39 Å². The van der Waals surface area contributed by atoms with Crippen molar-refractivity contribution >= 4 is 0 Å². The van der Waals surface area contributed by atoms with Crippen molar-refractivity contribution in [3.05, 3.63) is 47.9 Å². The first-order valence-electron chi connectivity index (χ1n) is 6.44. The van der Waals surface area contributed by atoms with E-state index in [1.165, 1.54) is 6.07 Å². The molecule has 0 fully saturated rings. The molecule has 0 bridgehead atoms. The molecule has 0 aliphatic carbocycles. The number of nitrogens with zero attached hydrogens (tertiary/aromatic N) is 2. The van der Waals surface area contributed by atoms with Gasteiger partial charge < -0.3 is 10.1 Å². The summed E-state index contributed by atoms with van der Waals surface area (Å²) in [5.74, 6) is -0.00949. The Kier molecular flexibility index (Phi) is 4.29. The minimum atomic E-state index is -0.423. The van der Waals surface area contributed by atoms with Gasteiger partial charge in [-0.3, -0.25) is 0 Å². The number of hydrogen-bond donors (Lipinski definition) is 1. The zero-order valence-electron chi connectivity index (χ0n) is 11.9. The first-order chi connectivity index (χ1) is 9.44. The molecule has 5 heteroatoms. The van der Waals surface area contributed by atoms with Gasteiger partial charge in [-0.2, -0.15) is 5.10 Å². The lowest BCUT2D eigenvalue weighted by molar-refractivity contribution is 0.410. The highest BCUT2D eigenvalue weighted by Crippen LogP contribution is 2.21. The fraction of sp³-hybridized carbons (Fsp3) is 0.333. The van der Waals surface area contributed by atoms with Crippen LogP contribution in [0.2, 0.25) is 0 Å². The molecule has 0 saturated heterocycles. The molecule has 0 unspecified atom stereocenters. The molecule has 106 valence electrons. The largest absolute Gasteiger partial charge is 0.434 e. The SMILES string of the molecule is CC(C)(C)NCc1ccc(Oc2ccccc2F)nn1. The number of ether oxygens (including phenoxy) is 1. The predicted octanol–water partition coefficient (Wildman–Crippen LogP) is 3.30. The summed E-state index contributed by atoms with van der Waals surface area (Å²) < 4.78 is 18.8. The molecule has 20 heavy (non-hydrogen) atoms. The summed E-state index contributed by atoms with van der Waals surface area (Å²) in [5, 5.41) is 11.3. The van der Waals surface area contributed by atoms with Gasteiger partial charge in [0.05, 0.1) is 5.69 Å². The quantitative estimate of drug-likeness (QED) is 0.930. The molecular formula is C15H18FN3O. The molecule has 2 rings (SSSR count). The van der Waals surface area contributed by atoms with Gasteiger partial charge in [0.25, 0.3) is 0 Å². The number of benzene rings is 1. The van der Waals surface area contributed by atoms with Crippen molar-refractivity contribution in [1.82, 2.24) is 15.5 Å². The van der Waals surface area contributed by atoms with E-state index >= 15 is 0 Å².